The number of rotatable bonds is 3. The van der Waals surface area contributed by atoms with E-state index in [0.717, 1.165) is 31.3 Å². The molecule has 1 aliphatic rings. The van der Waals surface area contributed by atoms with Crippen molar-refractivity contribution in [2.75, 3.05) is 7.11 Å². The van der Waals surface area contributed by atoms with E-state index < -0.39 is 27.0 Å². The van der Waals surface area contributed by atoms with Crippen LogP contribution in [0.5, 0.6) is 0 Å². The van der Waals surface area contributed by atoms with Gasteiger partial charge in [-0.2, -0.15) is 0 Å². The standard InChI is InChI=1S/C16H20O3Te/c1-19-16(18)14-11-12(17)7-5-6-10-15(14)20-13-8-3-2-4-9-13/h2-4,8-9,12,17H,5-7,10-11H2,1H3/b15-14-. The molecular formula is C16H20O3Te. The van der Waals surface area contributed by atoms with Crippen LogP contribution in [0.15, 0.2) is 39.5 Å². The van der Waals surface area contributed by atoms with E-state index in [2.05, 4.69) is 12.1 Å². The SMILES string of the molecule is COC(=O)/C1=C(\[Te]c2ccccc2)CCCCC(O)C1. The van der Waals surface area contributed by atoms with Crippen LogP contribution in [0, 0.1) is 0 Å². The molecule has 0 bridgehead atoms. The third-order valence-electron chi connectivity index (χ3n) is 3.38. The molecule has 3 nitrogen and oxygen atoms in total. The summed E-state index contributed by atoms with van der Waals surface area (Å²) in [6.07, 6.45) is 3.85. The van der Waals surface area contributed by atoms with Crippen LogP contribution < -0.4 is 3.61 Å². The maximum atomic E-state index is 12.0. The zero-order valence-corrected chi connectivity index (χ0v) is 14.0. The quantitative estimate of drug-likeness (QED) is 0.635. The number of carbonyl (C=O) groups excluding carboxylic acids is 1. The fraction of sp³-hybridized carbons (Fsp3) is 0.438. The second kappa shape index (κ2) is 7.83. The van der Waals surface area contributed by atoms with Gasteiger partial charge in [-0.25, -0.2) is 0 Å². The molecule has 20 heavy (non-hydrogen) atoms. The number of aliphatic hydroxyl groups is 1. The first-order valence-electron chi connectivity index (χ1n) is 6.92. The Kier molecular flexibility index (Phi) is 6.09. The van der Waals surface area contributed by atoms with Crippen molar-refractivity contribution in [2.24, 2.45) is 0 Å². The van der Waals surface area contributed by atoms with Gasteiger partial charge >= 0.3 is 130 Å². The van der Waals surface area contributed by atoms with Crippen molar-refractivity contribution in [2.45, 2.75) is 38.2 Å². The third-order valence-corrected chi connectivity index (χ3v) is 6.82. The van der Waals surface area contributed by atoms with Crippen molar-refractivity contribution in [1.82, 2.24) is 0 Å². The summed E-state index contributed by atoms with van der Waals surface area (Å²) in [4.78, 5) is 12.0. The number of hydrogen-bond donors (Lipinski definition) is 1. The van der Waals surface area contributed by atoms with E-state index >= 15 is 0 Å². The number of aliphatic hydroxyl groups excluding tert-OH is 1. The van der Waals surface area contributed by atoms with Gasteiger partial charge in [-0.1, -0.05) is 0 Å². The Morgan fingerprint density at radius 1 is 1.30 bits per heavy atom. The number of benzene rings is 1. The van der Waals surface area contributed by atoms with E-state index in [0.29, 0.717) is 6.42 Å². The van der Waals surface area contributed by atoms with Gasteiger partial charge in [0.2, 0.25) is 0 Å². The van der Waals surface area contributed by atoms with Crippen LogP contribution in [0.25, 0.3) is 0 Å². The third kappa shape index (κ3) is 4.34. The van der Waals surface area contributed by atoms with Crippen molar-refractivity contribution < 1.29 is 14.6 Å². The second-order valence-electron chi connectivity index (χ2n) is 4.91. The Balaban J connectivity index is 2.28. The first kappa shape index (κ1) is 15.6. The Morgan fingerprint density at radius 3 is 2.75 bits per heavy atom. The summed E-state index contributed by atoms with van der Waals surface area (Å²) in [5.41, 5.74) is 0.728. The molecule has 0 amide bonds. The van der Waals surface area contributed by atoms with E-state index in [1.807, 2.05) is 18.2 Å². The van der Waals surface area contributed by atoms with Crippen LogP contribution in [0.4, 0.5) is 0 Å². The van der Waals surface area contributed by atoms with Gasteiger partial charge in [0.1, 0.15) is 0 Å². The van der Waals surface area contributed by atoms with Gasteiger partial charge in [0.15, 0.2) is 0 Å². The molecule has 1 atom stereocenters. The summed E-state index contributed by atoms with van der Waals surface area (Å²) < 4.78 is 7.48. The topological polar surface area (TPSA) is 46.5 Å². The fourth-order valence-electron chi connectivity index (χ4n) is 2.33. The summed E-state index contributed by atoms with van der Waals surface area (Å²) in [7, 11) is 1.42. The van der Waals surface area contributed by atoms with Gasteiger partial charge in [0.05, 0.1) is 0 Å². The average molecular weight is 388 g/mol. The average Bonchev–Trinajstić information content (AvgIpc) is 2.46. The Morgan fingerprint density at radius 2 is 2.05 bits per heavy atom. The van der Waals surface area contributed by atoms with Crippen LogP contribution in [0.1, 0.15) is 32.1 Å². The molecule has 1 aromatic carbocycles. The Bertz CT molecular complexity index is 482. The van der Waals surface area contributed by atoms with Crippen molar-refractivity contribution in [3.63, 3.8) is 0 Å². The van der Waals surface area contributed by atoms with Gasteiger partial charge in [-0.3, -0.25) is 0 Å². The molecule has 0 saturated heterocycles. The molecule has 1 N–H and O–H groups in total. The van der Waals surface area contributed by atoms with Crippen LogP contribution in [-0.2, 0) is 9.53 Å². The zero-order valence-electron chi connectivity index (χ0n) is 11.7. The monoisotopic (exact) mass is 390 g/mol. The fourth-order valence-corrected chi connectivity index (χ4v) is 5.51. The predicted molar refractivity (Wildman–Crippen MR) is 80.0 cm³/mol. The molecule has 0 heterocycles. The number of esters is 1. The summed E-state index contributed by atoms with van der Waals surface area (Å²) in [6.45, 7) is 0. The van der Waals surface area contributed by atoms with E-state index in [9.17, 15) is 9.90 Å². The van der Waals surface area contributed by atoms with Gasteiger partial charge in [0.25, 0.3) is 0 Å². The first-order chi connectivity index (χ1) is 9.70. The van der Waals surface area contributed by atoms with Crippen LogP contribution >= 0.6 is 0 Å². The molecule has 1 aliphatic carbocycles. The van der Waals surface area contributed by atoms with Crippen LogP contribution in [-0.4, -0.2) is 45.2 Å². The summed E-state index contributed by atoms with van der Waals surface area (Å²) in [5.74, 6) is -0.262. The zero-order chi connectivity index (χ0) is 14.4. The molecule has 0 aliphatic heterocycles. The number of hydrogen-bond acceptors (Lipinski definition) is 3. The first-order valence-corrected chi connectivity index (χ1v) is 9.25. The molecule has 1 aromatic rings. The second-order valence-corrected chi connectivity index (χ2v) is 8.25. The van der Waals surface area contributed by atoms with E-state index in [-0.39, 0.29) is 5.97 Å². The molecule has 108 valence electrons. The van der Waals surface area contributed by atoms with E-state index in [1.165, 1.54) is 14.3 Å². The van der Waals surface area contributed by atoms with Crippen molar-refractivity contribution in [1.29, 1.82) is 0 Å². The molecular weight excluding hydrogens is 368 g/mol. The van der Waals surface area contributed by atoms with Crippen molar-refractivity contribution >= 4 is 30.5 Å². The molecule has 0 fully saturated rings. The van der Waals surface area contributed by atoms with Crippen LogP contribution in [0.2, 0.25) is 0 Å². The predicted octanol–water partition coefficient (Wildman–Crippen LogP) is 1.77. The number of methoxy groups -OCH3 is 1. The normalized spacial score (nSPS) is 23.8. The van der Waals surface area contributed by atoms with Gasteiger partial charge in [0, 0.05) is 0 Å². The van der Waals surface area contributed by atoms with Crippen LogP contribution in [0.3, 0.4) is 0 Å². The van der Waals surface area contributed by atoms with Gasteiger partial charge < -0.3 is 0 Å². The Labute approximate surface area is 130 Å². The van der Waals surface area contributed by atoms with E-state index in [4.69, 9.17) is 4.74 Å². The minimum absolute atomic E-state index is 0.262. The summed E-state index contributed by atoms with van der Waals surface area (Å²) >= 11 is -0.559. The molecule has 4 heteroatoms. The molecule has 0 radical (unpaired) electrons. The van der Waals surface area contributed by atoms with Gasteiger partial charge in [-0.15, -0.1) is 0 Å². The minimum atomic E-state index is -0.559. The number of carbonyl (C=O) groups is 1. The van der Waals surface area contributed by atoms with Crippen molar-refractivity contribution in [3.05, 3.63) is 39.5 Å². The maximum absolute atomic E-state index is 12.0. The number of ether oxygens (including phenoxy) is 1. The Hall–Kier alpha value is -0.820. The van der Waals surface area contributed by atoms with Crippen molar-refractivity contribution in [3.8, 4) is 0 Å². The molecule has 0 saturated carbocycles. The van der Waals surface area contributed by atoms with E-state index in [1.54, 1.807) is 0 Å². The molecule has 0 aromatic heterocycles. The molecule has 0 spiro atoms. The molecule has 2 rings (SSSR count). The molecule has 1 unspecified atom stereocenters. The number of allylic oxidation sites excluding steroid dienone is 1. The summed E-state index contributed by atoms with van der Waals surface area (Å²) in [6, 6.07) is 10.3. The summed E-state index contributed by atoms with van der Waals surface area (Å²) in [5, 5.41) is 9.99. The van der Waals surface area contributed by atoms with Gasteiger partial charge in [-0.05, 0) is 0 Å².